The van der Waals surface area contributed by atoms with Gasteiger partial charge >= 0.3 is 0 Å². The lowest BCUT2D eigenvalue weighted by Gasteiger charge is -2.39. The zero-order valence-electron chi connectivity index (χ0n) is 15.3. The highest BCUT2D eigenvalue weighted by molar-refractivity contribution is 7.99. The number of aromatic nitrogens is 4. The molecule has 0 unspecified atom stereocenters. The van der Waals surface area contributed by atoms with E-state index in [9.17, 15) is 4.79 Å². The molecule has 26 heavy (non-hydrogen) atoms. The number of thioether (sulfide) groups is 1. The van der Waals surface area contributed by atoms with Crippen LogP contribution in [-0.2, 0) is 4.79 Å². The number of nitrogens with zero attached hydrogens (tertiary/aromatic N) is 5. The number of rotatable bonds is 5. The highest BCUT2D eigenvalue weighted by Crippen LogP contribution is 2.41. The molecule has 1 aliphatic heterocycles. The largest absolute Gasteiger partial charge is 0.337 e. The van der Waals surface area contributed by atoms with Crippen molar-refractivity contribution in [2.45, 2.75) is 69.2 Å². The number of piperidine rings is 1. The topological polar surface area (TPSA) is 63.9 Å². The summed E-state index contributed by atoms with van der Waals surface area (Å²) < 4.78 is 2.19. The second-order valence-corrected chi connectivity index (χ2v) is 8.31. The predicted molar refractivity (Wildman–Crippen MR) is 102 cm³/mol. The molecule has 0 radical (unpaired) electrons. The summed E-state index contributed by atoms with van der Waals surface area (Å²) in [7, 11) is 0. The maximum Gasteiger partial charge on any atom is 0.233 e. The van der Waals surface area contributed by atoms with E-state index in [0.29, 0.717) is 23.9 Å². The van der Waals surface area contributed by atoms with Crippen molar-refractivity contribution in [1.29, 1.82) is 0 Å². The monoisotopic (exact) mass is 371 g/mol. The summed E-state index contributed by atoms with van der Waals surface area (Å²) in [6.45, 7) is 4.32. The Morgan fingerprint density at radius 1 is 1.19 bits per heavy atom. The number of pyridine rings is 1. The maximum atomic E-state index is 12.8. The first-order valence-electron chi connectivity index (χ1n) is 9.44. The number of hydrogen-bond acceptors (Lipinski definition) is 5. The Kier molecular flexibility index (Phi) is 4.98. The standard InChI is InChI=1S/C19H25N5OS/c1-13-5-3-6-14(2)23(13)17(25)12-26-19-22-21-18(24(19)16-8-9-16)15-7-4-10-20-11-15/h4,7,10-11,13-14,16H,3,5-6,8-9,12H2,1-2H3/t13-,14-/m0/s1. The van der Waals surface area contributed by atoms with E-state index in [4.69, 9.17) is 0 Å². The van der Waals surface area contributed by atoms with Gasteiger partial charge in [0.15, 0.2) is 11.0 Å². The second-order valence-electron chi connectivity index (χ2n) is 7.37. The molecule has 2 fully saturated rings. The van der Waals surface area contributed by atoms with Crippen molar-refractivity contribution in [3.8, 4) is 11.4 Å². The lowest BCUT2D eigenvalue weighted by Crippen LogP contribution is -2.48. The molecule has 0 aromatic carbocycles. The van der Waals surface area contributed by atoms with Crippen LogP contribution in [0, 0.1) is 0 Å². The molecule has 4 rings (SSSR count). The van der Waals surface area contributed by atoms with Crippen LogP contribution in [0.2, 0.25) is 0 Å². The molecule has 1 saturated heterocycles. The van der Waals surface area contributed by atoms with Crippen LogP contribution in [0.25, 0.3) is 11.4 Å². The first kappa shape index (κ1) is 17.5. The van der Waals surface area contributed by atoms with Crippen molar-refractivity contribution in [3.05, 3.63) is 24.5 Å². The third-order valence-corrected chi connectivity index (χ3v) is 6.23. The number of amides is 1. The molecular formula is C19H25N5OS. The SMILES string of the molecule is C[C@H]1CCC[C@H](C)N1C(=O)CSc1nnc(-c2cccnc2)n1C1CC1. The first-order valence-corrected chi connectivity index (χ1v) is 10.4. The molecule has 0 bridgehead atoms. The average Bonchev–Trinajstić information content (AvgIpc) is 3.39. The van der Waals surface area contributed by atoms with E-state index in [2.05, 4.69) is 38.5 Å². The molecule has 2 aliphatic rings. The van der Waals surface area contributed by atoms with Gasteiger partial charge in [0.2, 0.25) is 5.91 Å². The molecule has 3 heterocycles. The van der Waals surface area contributed by atoms with E-state index in [0.717, 1.165) is 42.2 Å². The molecule has 2 atom stereocenters. The second kappa shape index (κ2) is 7.39. The van der Waals surface area contributed by atoms with Crippen molar-refractivity contribution < 1.29 is 4.79 Å². The van der Waals surface area contributed by atoms with Crippen LogP contribution >= 0.6 is 11.8 Å². The minimum absolute atomic E-state index is 0.211. The van der Waals surface area contributed by atoms with Gasteiger partial charge in [-0.1, -0.05) is 11.8 Å². The van der Waals surface area contributed by atoms with Crippen LogP contribution in [0.15, 0.2) is 29.7 Å². The quantitative estimate of drug-likeness (QED) is 0.752. The van der Waals surface area contributed by atoms with Crippen molar-refractivity contribution in [2.75, 3.05) is 5.75 Å². The van der Waals surface area contributed by atoms with Crippen LogP contribution < -0.4 is 0 Å². The highest BCUT2D eigenvalue weighted by Gasteiger charge is 2.32. The van der Waals surface area contributed by atoms with Crippen molar-refractivity contribution in [1.82, 2.24) is 24.6 Å². The van der Waals surface area contributed by atoms with E-state index < -0.39 is 0 Å². The smallest absolute Gasteiger partial charge is 0.233 e. The Morgan fingerprint density at radius 3 is 2.62 bits per heavy atom. The summed E-state index contributed by atoms with van der Waals surface area (Å²) in [5, 5.41) is 9.63. The summed E-state index contributed by atoms with van der Waals surface area (Å²) in [5.41, 5.74) is 0.975. The van der Waals surface area contributed by atoms with E-state index in [1.807, 2.05) is 18.3 Å². The molecule has 2 aromatic heterocycles. The van der Waals surface area contributed by atoms with Crippen LogP contribution in [-0.4, -0.2) is 48.4 Å². The van der Waals surface area contributed by atoms with Crippen LogP contribution in [0.1, 0.15) is 52.0 Å². The molecule has 1 amide bonds. The molecule has 138 valence electrons. The minimum Gasteiger partial charge on any atom is -0.337 e. The summed E-state index contributed by atoms with van der Waals surface area (Å²) in [6, 6.07) is 5.03. The van der Waals surface area contributed by atoms with Crippen molar-refractivity contribution >= 4 is 17.7 Å². The van der Waals surface area contributed by atoms with Gasteiger partial charge in [0, 0.05) is 36.1 Å². The summed E-state index contributed by atoms with van der Waals surface area (Å²) in [5.74, 6) is 1.49. The molecular weight excluding hydrogens is 346 g/mol. The molecule has 1 aliphatic carbocycles. The van der Waals surface area contributed by atoms with Crippen molar-refractivity contribution in [3.63, 3.8) is 0 Å². The number of likely N-dealkylation sites (tertiary alicyclic amines) is 1. The van der Waals surface area contributed by atoms with E-state index in [-0.39, 0.29) is 5.91 Å². The molecule has 2 aromatic rings. The lowest BCUT2D eigenvalue weighted by atomic mass is 9.98. The zero-order chi connectivity index (χ0) is 18.1. The fraction of sp³-hybridized carbons (Fsp3) is 0.579. The number of carbonyl (C=O) groups excluding carboxylic acids is 1. The van der Waals surface area contributed by atoms with Gasteiger partial charge in [0.25, 0.3) is 0 Å². The molecule has 1 saturated carbocycles. The third-order valence-electron chi connectivity index (χ3n) is 5.30. The minimum atomic E-state index is 0.211. The van der Waals surface area contributed by atoms with Gasteiger partial charge in [0.05, 0.1) is 5.75 Å². The van der Waals surface area contributed by atoms with Crippen LogP contribution in [0.5, 0.6) is 0 Å². The molecule has 0 N–H and O–H groups in total. The fourth-order valence-electron chi connectivity index (χ4n) is 3.84. The summed E-state index contributed by atoms with van der Waals surface area (Å²) >= 11 is 1.51. The first-order chi connectivity index (χ1) is 12.6. The van der Waals surface area contributed by atoms with Gasteiger partial charge in [0.1, 0.15) is 0 Å². The van der Waals surface area contributed by atoms with Gasteiger partial charge in [-0.05, 0) is 58.1 Å². The molecule has 6 nitrogen and oxygen atoms in total. The van der Waals surface area contributed by atoms with Crippen LogP contribution in [0.4, 0.5) is 0 Å². The average molecular weight is 372 g/mol. The Morgan fingerprint density at radius 2 is 1.96 bits per heavy atom. The predicted octanol–water partition coefficient (Wildman–Crippen LogP) is 3.56. The van der Waals surface area contributed by atoms with Gasteiger partial charge < -0.3 is 4.90 Å². The van der Waals surface area contributed by atoms with Gasteiger partial charge in [-0.2, -0.15) is 0 Å². The van der Waals surface area contributed by atoms with Crippen molar-refractivity contribution in [2.24, 2.45) is 0 Å². The van der Waals surface area contributed by atoms with E-state index >= 15 is 0 Å². The third kappa shape index (κ3) is 3.49. The number of hydrogen-bond donors (Lipinski definition) is 0. The van der Waals surface area contributed by atoms with Gasteiger partial charge in [-0.3, -0.25) is 14.3 Å². The molecule has 0 spiro atoms. The lowest BCUT2D eigenvalue weighted by molar-refractivity contribution is -0.134. The highest BCUT2D eigenvalue weighted by atomic mass is 32.2. The Bertz CT molecular complexity index is 763. The van der Waals surface area contributed by atoms with E-state index in [1.165, 1.54) is 18.2 Å². The number of carbonyl (C=O) groups is 1. The Hall–Kier alpha value is -1.89. The molecule has 7 heteroatoms. The maximum absolute atomic E-state index is 12.8. The van der Waals surface area contributed by atoms with Crippen LogP contribution in [0.3, 0.4) is 0 Å². The summed E-state index contributed by atoms with van der Waals surface area (Å²) in [4.78, 5) is 19.1. The Balaban J connectivity index is 1.50. The summed E-state index contributed by atoms with van der Waals surface area (Å²) in [6.07, 6.45) is 9.29. The van der Waals surface area contributed by atoms with Gasteiger partial charge in [-0.15, -0.1) is 10.2 Å². The zero-order valence-corrected chi connectivity index (χ0v) is 16.2. The Labute approximate surface area is 158 Å². The van der Waals surface area contributed by atoms with Gasteiger partial charge in [-0.25, -0.2) is 0 Å². The normalized spacial score (nSPS) is 23.2. The fourth-order valence-corrected chi connectivity index (χ4v) is 4.72. The van der Waals surface area contributed by atoms with E-state index in [1.54, 1.807) is 6.20 Å².